The molecule has 204 valence electrons. The van der Waals surface area contributed by atoms with Gasteiger partial charge in [-0.05, 0) is 18.2 Å². The number of carbonyl (C=O) groups excluding carboxylic acids is 5. The van der Waals surface area contributed by atoms with Crippen LogP contribution in [0.4, 0.5) is 0 Å². The van der Waals surface area contributed by atoms with E-state index in [0.717, 1.165) is 40.7 Å². The van der Waals surface area contributed by atoms with Crippen LogP contribution in [0.15, 0.2) is 33.5 Å². The highest BCUT2D eigenvalue weighted by Crippen LogP contribution is 2.45. The van der Waals surface area contributed by atoms with Gasteiger partial charge in [0.25, 0.3) is 0 Å². The Morgan fingerprint density at radius 3 is 1.67 bits per heavy atom. The van der Waals surface area contributed by atoms with Gasteiger partial charge in [-0.15, -0.1) is 0 Å². The van der Waals surface area contributed by atoms with Crippen LogP contribution in [-0.2, 0) is 24.0 Å². The molecule has 3 rings (SSSR count). The molecule has 0 saturated carbocycles. The Kier molecular flexibility index (Phi) is 8.34. The van der Waals surface area contributed by atoms with Crippen LogP contribution >= 0.6 is 0 Å². The summed E-state index contributed by atoms with van der Waals surface area (Å²) >= 11 is 0. The largest absolute Gasteiger partial charge is 0.490 e. The second-order valence-electron chi connectivity index (χ2n) is 7.83. The fraction of sp³-hybridized carbons (Fsp3) is 0.231. The first-order valence-corrected chi connectivity index (χ1v) is 11.1. The fourth-order valence-electron chi connectivity index (χ4n) is 3.48. The first-order chi connectivity index (χ1) is 18.3. The molecule has 0 saturated heterocycles. The predicted octanol–water partition coefficient (Wildman–Crippen LogP) is 3.10. The van der Waals surface area contributed by atoms with Crippen molar-refractivity contribution in [2.75, 3.05) is 7.11 Å². The highest BCUT2D eigenvalue weighted by molar-refractivity contribution is 5.96. The van der Waals surface area contributed by atoms with E-state index in [4.69, 9.17) is 32.8 Å². The zero-order valence-electron chi connectivity index (χ0n) is 21.6. The Morgan fingerprint density at radius 1 is 0.615 bits per heavy atom. The van der Waals surface area contributed by atoms with E-state index in [-0.39, 0.29) is 51.0 Å². The molecule has 0 spiro atoms. The molecule has 0 aliphatic rings. The molecular formula is C26H22O13. The van der Waals surface area contributed by atoms with Crippen molar-refractivity contribution in [1.29, 1.82) is 0 Å². The third-order valence-electron chi connectivity index (χ3n) is 4.68. The molecule has 0 amide bonds. The molecule has 0 aliphatic heterocycles. The molecule has 3 aromatic rings. The molecule has 1 aromatic heterocycles. The van der Waals surface area contributed by atoms with E-state index in [1.54, 1.807) is 0 Å². The van der Waals surface area contributed by atoms with E-state index in [1.807, 2.05) is 0 Å². The zero-order valence-corrected chi connectivity index (χ0v) is 21.6. The lowest BCUT2D eigenvalue weighted by molar-refractivity contribution is -0.134. The van der Waals surface area contributed by atoms with Gasteiger partial charge < -0.3 is 32.8 Å². The van der Waals surface area contributed by atoms with E-state index in [2.05, 4.69) is 0 Å². The third-order valence-corrected chi connectivity index (χ3v) is 4.68. The van der Waals surface area contributed by atoms with Crippen molar-refractivity contribution in [3.63, 3.8) is 0 Å². The lowest BCUT2D eigenvalue weighted by atomic mass is 10.1. The normalized spacial score (nSPS) is 10.4. The minimum atomic E-state index is -0.955. The average Bonchev–Trinajstić information content (AvgIpc) is 2.80. The number of carbonyl (C=O) groups is 5. The van der Waals surface area contributed by atoms with Crippen LogP contribution in [0.2, 0.25) is 0 Å². The second kappa shape index (κ2) is 11.5. The summed E-state index contributed by atoms with van der Waals surface area (Å²) in [5.74, 6) is -6.04. The first-order valence-electron chi connectivity index (χ1n) is 11.1. The van der Waals surface area contributed by atoms with Gasteiger partial charge in [0, 0.05) is 46.2 Å². The van der Waals surface area contributed by atoms with Crippen LogP contribution in [0.25, 0.3) is 22.3 Å². The Hall–Kier alpha value is -5.20. The number of esters is 5. The fourth-order valence-corrected chi connectivity index (χ4v) is 3.48. The van der Waals surface area contributed by atoms with Gasteiger partial charge in [-0.2, -0.15) is 0 Å². The van der Waals surface area contributed by atoms with Crippen molar-refractivity contribution in [1.82, 2.24) is 0 Å². The number of methoxy groups -OCH3 is 1. The summed E-state index contributed by atoms with van der Waals surface area (Å²) < 4.78 is 37.0. The monoisotopic (exact) mass is 542 g/mol. The molecule has 13 nitrogen and oxygen atoms in total. The molecule has 0 radical (unpaired) electrons. The number of hydrogen-bond acceptors (Lipinski definition) is 13. The van der Waals surface area contributed by atoms with Crippen LogP contribution < -0.4 is 33.8 Å². The molecule has 2 aromatic carbocycles. The van der Waals surface area contributed by atoms with Crippen molar-refractivity contribution >= 4 is 40.8 Å². The van der Waals surface area contributed by atoms with Crippen LogP contribution in [0.5, 0.6) is 34.5 Å². The summed E-state index contributed by atoms with van der Waals surface area (Å²) in [6.45, 7) is 5.48. The van der Waals surface area contributed by atoms with Crippen molar-refractivity contribution < 1.29 is 56.8 Å². The summed E-state index contributed by atoms with van der Waals surface area (Å²) in [4.78, 5) is 72.3. The van der Waals surface area contributed by atoms with Crippen molar-refractivity contribution in [2.24, 2.45) is 0 Å². The molecule has 13 heteroatoms. The predicted molar refractivity (Wildman–Crippen MR) is 131 cm³/mol. The number of hydrogen-bond donors (Lipinski definition) is 0. The van der Waals surface area contributed by atoms with Crippen molar-refractivity contribution in [2.45, 2.75) is 34.6 Å². The van der Waals surface area contributed by atoms with Gasteiger partial charge in [-0.3, -0.25) is 28.8 Å². The highest BCUT2D eigenvalue weighted by atomic mass is 16.6. The molecule has 0 N–H and O–H groups in total. The maximum atomic E-state index is 13.7. The Bertz CT molecular complexity index is 1580. The van der Waals surface area contributed by atoms with Gasteiger partial charge in [0.05, 0.1) is 7.11 Å². The molecule has 0 unspecified atom stereocenters. The minimum Gasteiger partial charge on any atom is -0.490 e. The van der Waals surface area contributed by atoms with Gasteiger partial charge >= 0.3 is 29.8 Å². The number of rotatable bonds is 7. The Morgan fingerprint density at radius 2 is 1.13 bits per heavy atom. The van der Waals surface area contributed by atoms with Gasteiger partial charge in [0.2, 0.25) is 16.9 Å². The lowest BCUT2D eigenvalue weighted by Crippen LogP contribution is -2.16. The van der Waals surface area contributed by atoms with E-state index in [0.29, 0.717) is 0 Å². The maximum Gasteiger partial charge on any atom is 0.308 e. The van der Waals surface area contributed by atoms with Crippen LogP contribution in [0.3, 0.4) is 0 Å². The van der Waals surface area contributed by atoms with E-state index in [1.165, 1.54) is 25.3 Å². The van der Waals surface area contributed by atoms with Gasteiger partial charge in [-0.25, -0.2) is 0 Å². The smallest absolute Gasteiger partial charge is 0.308 e. The molecule has 0 bridgehead atoms. The second-order valence-corrected chi connectivity index (χ2v) is 7.83. The summed E-state index contributed by atoms with van der Waals surface area (Å²) in [7, 11) is 1.21. The van der Waals surface area contributed by atoms with Gasteiger partial charge in [-0.1, -0.05) is 0 Å². The molecule has 1 heterocycles. The standard InChI is InChI=1S/C26H22O13/c1-11(27)34-17-8-7-16(9-18(17)35-12(2)28)23-26(38-15(5)31)22(32)21-19(36-13(3)29)10-20(37-14(4)30)24(33-6)25(21)39-23/h7-10H,1-6H3. The molecule has 0 fully saturated rings. The quantitative estimate of drug-likeness (QED) is 0.315. The maximum absolute atomic E-state index is 13.7. The van der Waals surface area contributed by atoms with E-state index < -0.39 is 41.0 Å². The summed E-state index contributed by atoms with van der Waals surface area (Å²) in [5, 5.41) is -0.366. The molecule has 0 atom stereocenters. The summed E-state index contributed by atoms with van der Waals surface area (Å²) in [6, 6.07) is 4.86. The molecule has 0 aliphatic carbocycles. The zero-order chi connectivity index (χ0) is 29.0. The Labute approximate surface area is 220 Å². The van der Waals surface area contributed by atoms with Crippen LogP contribution in [0.1, 0.15) is 34.6 Å². The van der Waals surface area contributed by atoms with Crippen LogP contribution in [-0.4, -0.2) is 37.0 Å². The molecular weight excluding hydrogens is 520 g/mol. The third kappa shape index (κ3) is 6.39. The van der Waals surface area contributed by atoms with E-state index >= 15 is 0 Å². The van der Waals surface area contributed by atoms with Crippen LogP contribution in [0, 0.1) is 0 Å². The summed E-state index contributed by atoms with van der Waals surface area (Å²) in [6.07, 6.45) is 0. The van der Waals surface area contributed by atoms with Crippen molar-refractivity contribution in [3.05, 3.63) is 34.5 Å². The number of fused-ring (bicyclic) bond motifs is 1. The number of benzene rings is 2. The van der Waals surface area contributed by atoms with Gasteiger partial charge in [0.15, 0.2) is 28.6 Å². The topological polar surface area (TPSA) is 171 Å². The van der Waals surface area contributed by atoms with E-state index in [9.17, 15) is 28.8 Å². The SMILES string of the molecule is COc1c(OC(C)=O)cc(OC(C)=O)c2c(=O)c(OC(C)=O)c(-c3ccc(OC(C)=O)c(OC(C)=O)c3)oc12. The average molecular weight is 542 g/mol. The van der Waals surface area contributed by atoms with Gasteiger partial charge in [0.1, 0.15) is 11.1 Å². The minimum absolute atomic E-state index is 0.0337. The summed E-state index contributed by atoms with van der Waals surface area (Å²) in [5.41, 5.74) is -1.25. The van der Waals surface area contributed by atoms with Crippen molar-refractivity contribution in [3.8, 4) is 45.8 Å². The Balaban J connectivity index is 2.48. The first kappa shape index (κ1) is 28.4. The number of ether oxygens (including phenoxy) is 6. The molecule has 39 heavy (non-hydrogen) atoms. The lowest BCUT2D eigenvalue weighted by Gasteiger charge is -2.16. The highest BCUT2D eigenvalue weighted by Gasteiger charge is 2.28.